The van der Waals surface area contributed by atoms with Gasteiger partial charge in [-0.15, -0.1) is 0 Å². The first-order valence-corrected chi connectivity index (χ1v) is 11.4. The van der Waals surface area contributed by atoms with E-state index in [-0.39, 0.29) is 34.5 Å². The number of nitrogens with zero attached hydrogens (tertiary/aromatic N) is 1. The monoisotopic (exact) mass is 459 g/mol. The number of halogens is 3. The number of rotatable bonds is 5. The molecule has 0 saturated carbocycles. The molecule has 0 aliphatic carbocycles. The Hall–Kier alpha value is -3.33. The molecule has 1 heterocycles. The van der Waals surface area contributed by atoms with Crippen LogP contribution in [0.1, 0.15) is 29.5 Å². The molecule has 0 radical (unpaired) electrons. The van der Waals surface area contributed by atoms with E-state index < -0.39 is 27.6 Å². The van der Waals surface area contributed by atoms with Crippen molar-refractivity contribution in [1.82, 2.24) is 4.72 Å². The van der Waals surface area contributed by atoms with Gasteiger partial charge in [0.2, 0.25) is 5.96 Å². The van der Waals surface area contributed by atoms with Crippen molar-refractivity contribution >= 4 is 21.7 Å². The second-order valence-electron chi connectivity index (χ2n) is 7.59. The lowest BCUT2D eigenvalue weighted by Gasteiger charge is -2.26. The summed E-state index contributed by atoms with van der Waals surface area (Å²) in [6.45, 7) is 1.79. The number of benzene rings is 3. The number of hydrogen-bond donors (Lipinski definition) is 2. The van der Waals surface area contributed by atoms with Crippen molar-refractivity contribution in [1.29, 1.82) is 0 Å². The van der Waals surface area contributed by atoms with Gasteiger partial charge in [0.1, 0.15) is 22.3 Å². The van der Waals surface area contributed by atoms with Crippen molar-refractivity contribution < 1.29 is 21.6 Å². The number of anilines is 1. The van der Waals surface area contributed by atoms with Gasteiger partial charge in [-0.25, -0.2) is 31.3 Å². The van der Waals surface area contributed by atoms with Crippen molar-refractivity contribution in [2.75, 3.05) is 5.32 Å². The summed E-state index contributed by atoms with van der Waals surface area (Å²) in [6, 6.07) is 14.0. The van der Waals surface area contributed by atoms with E-state index in [0.717, 1.165) is 11.6 Å². The first-order valence-electron chi connectivity index (χ1n) is 9.88. The fourth-order valence-electron chi connectivity index (χ4n) is 3.69. The maximum atomic E-state index is 14.9. The zero-order valence-electron chi connectivity index (χ0n) is 17.1. The summed E-state index contributed by atoms with van der Waals surface area (Å²) in [5.41, 5.74) is 1.63. The van der Waals surface area contributed by atoms with Gasteiger partial charge in [-0.2, -0.15) is 0 Å². The lowest BCUT2D eigenvalue weighted by molar-refractivity contribution is 0.579. The molecular weight excluding hydrogens is 439 g/mol. The third kappa shape index (κ3) is 4.62. The lowest BCUT2D eigenvalue weighted by atomic mass is 9.92. The highest BCUT2D eigenvalue weighted by atomic mass is 32.2. The second-order valence-corrected chi connectivity index (χ2v) is 9.24. The molecule has 0 aromatic heterocycles. The van der Waals surface area contributed by atoms with Crippen LogP contribution in [0.4, 0.5) is 18.9 Å². The van der Waals surface area contributed by atoms with Gasteiger partial charge in [0.05, 0.1) is 12.2 Å². The lowest BCUT2D eigenvalue weighted by Crippen LogP contribution is -2.41. The van der Waals surface area contributed by atoms with E-state index in [1.807, 2.05) is 0 Å². The number of aliphatic imine (C=N–C) groups is 1. The maximum absolute atomic E-state index is 14.9. The smallest absolute Gasteiger partial charge is 0.266 e. The highest BCUT2D eigenvalue weighted by molar-refractivity contribution is 7.90. The van der Waals surface area contributed by atoms with Crippen LogP contribution in [0.2, 0.25) is 0 Å². The van der Waals surface area contributed by atoms with Crippen LogP contribution in [0.5, 0.6) is 0 Å². The summed E-state index contributed by atoms with van der Waals surface area (Å²) in [5, 5.41) is 2.89. The van der Waals surface area contributed by atoms with Gasteiger partial charge in [-0.05, 0) is 59.9 Å². The molecule has 9 heteroatoms. The summed E-state index contributed by atoms with van der Waals surface area (Å²) in [5.74, 6) is -1.86. The molecule has 0 amide bonds. The first-order chi connectivity index (χ1) is 15.2. The minimum Gasteiger partial charge on any atom is -0.324 e. The van der Waals surface area contributed by atoms with Gasteiger partial charge < -0.3 is 5.32 Å². The average Bonchev–Trinajstić information content (AvgIpc) is 2.73. The van der Waals surface area contributed by atoms with Gasteiger partial charge in [-0.3, -0.25) is 0 Å². The van der Waals surface area contributed by atoms with Gasteiger partial charge in [0.25, 0.3) is 10.0 Å². The Morgan fingerprint density at radius 2 is 1.69 bits per heavy atom. The van der Waals surface area contributed by atoms with Crippen molar-refractivity contribution in [2.24, 2.45) is 4.99 Å². The van der Waals surface area contributed by atoms with Crippen LogP contribution in [-0.2, 0) is 23.0 Å². The molecule has 2 N–H and O–H groups in total. The summed E-state index contributed by atoms with van der Waals surface area (Å²) >= 11 is 0. The molecule has 0 bridgehead atoms. The molecule has 1 atom stereocenters. The Morgan fingerprint density at radius 3 is 2.41 bits per heavy atom. The van der Waals surface area contributed by atoms with E-state index in [1.165, 1.54) is 36.4 Å². The molecule has 1 aliphatic rings. The van der Waals surface area contributed by atoms with Crippen molar-refractivity contribution in [3.63, 3.8) is 0 Å². The van der Waals surface area contributed by atoms with Gasteiger partial charge in [0.15, 0.2) is 0 Å². The summed E-state index contributed by atoms with van der Waals surface area (Å²) in [7, 11) is -3.99. The fourth-order valence-corrected chi connectivity index (χ4v) is 4.85. The number of hydrogen-bond acceptors (Lipinski definition) is 3. The molecule has 5 nitrogen and oxygen atoms in total. The number of sulfonamides is 1. The van der Waals surface area contributed by atoms with E-state index in [2.05, 4.69) is 15.0 Å². The molecule has 0 unspecified atom stereocenters. The molecule has 0 saturated heterocycles. The van der Waals surface area contributed by atoms with Crippen molar-refractivity contribution in [2.45, 2.75) is 30.7 Å². The maximum Gasteiger partial charge on any atom is 0.266 e. The Bertz CT molecular complexity index is 1290. The van der Waals surface area contributed by atoms with Crippen LogP contribution in [0.25, 0.3) is 0 Å². The molecule has 3 aromatic rings. The molecular formula is C23H20F3N3O2S. The molecule has 166 valence electrons. The molecule has 0 fully saturated rings. The predicted octanol–water partition coefficient (Wildman–Crippen LogP) is 4.71. The third-order valence-electron chi connectivity index (χ3n) is 5.17. The standard InChI is InChI=1S/C23H20F3N3O2S/c1-14(11-15-5-7-17(24)8-6-15)21-19(26)9-10-20-22(21)28-23(29-32(20,30)31)27-13-16-3-2-4-18(25)12-16/h2-10,12,14H,11,13H2,1H3,(H2,27,28,29)/t14-/m0/s1. The predicted molar refractivity (Wildman–Crippen MR) is 116 cm³/mol. The van der Waals surface area contributed by atoms with Gasteiger partial charge in [0, 0.05) is 5.56 Å². The van der Waals surface area contributed by atoms with E-state index in [1.54, 1.807) is 25.1 Å². The van der Waals surface area contributed by atoms with Crippen LogP contribution >= 0.6 is 0 Å². The minimum atomic E-state index is -3.99. The van der Waals surface area contributed by atoms with E-state index >= 15 is 0 Å². The van der Waals surface area contributed by atoms with Crippen LogP contribution in [0, 0.1) is 17.5 Å². The highest BCUT2D eigenvalue weighted by Gasteiger charge is 2.31. The fraction of sp³-hybridized carbons (Fsp3) is 0.174. The minimum absolute atomic E-state index is 0.0216. The Balaban J connectivity index is 1.68. The van der Waals surface area contributed by atoms with Gasteiger partial charge in [-0.1, -0.05) is 31.2 Å². The number of fused-ring (bicyclic) bond motifs is 1. The summed E-state index contributed by atoms with van der Waals surface area (Å²) in [4.78, 5) is 4.10. The average molecular weight is 459 g/mol. The Labute approximate surface area is 184 Å². The molecule has 32 heavy (non-hydrogen) atoms. The van der Waals surface area contributed by atoms with Gasteiger partial charge >= 0.3 is 0 Å². The zero-order chi connectivity index (χ0) is 22.9. The molecule has 0 spiro atoms. The van der Waals surface area contributed by atoms with Crippen LogP contribution in [-0.4, -0.2) is 14.4 Å². The largest absolute Gasteiger partial charge is 0.324 e. The molecule has 4 rings (SSSR count). The van der Waals surface area contributed by atoms with Crippen LogP contribution in [0.15, 0.2) is 70.6 Å². The SMILES string of the molecule is C[C@@H](Cc1ccc(F)cc1)c1c(F)ccc2c1NC(=NCc1cccc(F)c1)NS2(=O)=O. The molecule has 1 aliphatic heterocycles. The molecule has 3 aromatic carbocycles. The van der Waals surface area contributed by atoms with Crippen LogP contribution in [0.3, 0.4) is 0 Å². The second kappa shape index (κ2) is 8.66. The quantitative estimate of drug-likeness (QED) is 0.581. The summed E-state index contributed by atoms with van der Waals surface area (Å²) < 4.78 is 69.4. The highest BCUT2D eigenvalue weighted by Crippen LogP contribution is 2.36. The van der Waals surface area contributed by atoms with E-state index in [0.29, 0.717) is 12.0 Å². The zero-order valence-corrected chi connectivity index (χ0v) is 17.9. The van der Waals surface area contributed by atoms with Crippen molar-refractivity contribution in [3.8, 4) is 0 Å². The van der Waals surface area contributed by atoms with E-state index in [9.17, 15) is 21.6 Å². The Kier molecular flexibility index (Phi) is 5.92. The number of guanidine groups is 1. The summed E-state index contributed by atoms with van der Waals surface area (Å²) in [6.07, 6.45) is 0.374. The topological polar surface area (TPSA) is 70.6 Å². The first kappa shape index (κ1) is 21.9. The number of nitrogens with one attached hydrogen (secondary N) is 2. The normalized spacial score (nSPS) is 16.7. The van der Waals surface area contributed by atoms with E-state index in [4.69, 9.17) is 0 Å². The third-order valence-corrected chi connectivity index (χ3v) is 6.56. The van der Waals surface area contributed by atoms with Crippen molar-refractivity contribution in [3.05, 3.63) is 94.8 Å². The van der Waals surface area contributed by atoms with Crippen LogP contribution < -0.4 is 10.0 Å². The Morgan fingerprint density at radius 1 is 0.938 bits per heavy atom.